The lowest BCUT2D eigenvalue weighted by atomic mass is 9.95. The number of dihydropyridines is 1. The van der Waals surface area contributed by atoms with Gasteiger partial charge in [-0.3, -0.25) is 19.3 Å². The summed E-state index contributed by atoms with van der Waals surface area (Å²) >= 11 is 0. The van der Waals surface area contributed by atoms with Crippen molar-refractivity contribution in [3.63, 3.8) is 0 Å². The van der Waals surface area contributed by atoms with Crippen molar-refractivity contribution < 1.29 is 31.9 Å². The Bertz CT molecular complexity index is 1260. The fourth-order valence-electron chi connectivity index (χ4n) is 5.14. The molecule has 0 aromatic heterocycles. The van der Waals surface area contributed by atoms with Crippen molar-refractivity contribution in [3.8, 4) is 0 Å². The van der Waals surface area contributed by atoms with E-state index >= 15 is 4.39 Å². The highest BCUT2D eigenvalue weighted by Crippen LogP contribution is 2.38. The van der Waals surface area contributed by atoms with Crippen LogP contribution in [0.3, 0.4) is 0 Å². The van der Waals surface area contributed by atoms with Crippen LogP contribution in [0.2, 0.25) is 0 Å². The third-order valence-corrected chi connectivity index (χ3v) is 7.62. The van der Waals surface area contributed by atoms with Gasteiger partial charge in [0.25, 0.3) is 5.91 Å². The highest BCUT2D eigenvalue weighted by molar-refractivity contribution is 6.11. The molecule has 12 heteroatoms. The number of nitrogens with zero attached hydrogens (tertiary/aromatic N) is 4. The van der Waals surface area contributed by atoms with Crippen LogP contribution in [0.25, 0.3) is 5.57 Å². The average Bonchev–Trinajstić information content (AvgIpc) is 2.87. The second-order valence-corrected chi connectivity index (χ2v) is 10.2. The second kappa shape index (κ2) is 10.9. The minimum atomic E-state index is -4.92. The zero-order valence-electron chi connectivity index (χ0n) is 22.2. The molecule has 4 rings (SSSR count). The number of benzene rings is 1. The molecular weight excluding hydrogens is 518 g/mol. The van der Waals surface area contributed by atoms with E-state index in [1.807, 2.05) is 25.8 Å². The maximum absolute atomic E-state index is 15.6. The molecule has 0 spiro atoms. The van der Waals surface area contributed by atoms with Gasteiger partial charge in [0, 0.05) is 63.0 Å². The number of hydrogen-bond donors (Lipinski definition) is 1. The Morgan fingerprint density at radius 2 is 1.79 bits per heavy atom. The fraction of sp³-hybridized carbons (Fsp3) is 0.481. The van der Waals surface area contributed by atoms with Gasteiger partial charge in [0.1, 0.15) is 11.7 Å². The van der Waals surface area contributed by atoms with E-state index in [0.29, 0.717) is 56.2 Å². The van der Waals surface area contributed by atoms with Gasteiger partial charge in [0.05, 0.1) is 16.9 Å². The number of hydrogen-bond acceptors (Lipinski definition) is 5. The van der Waals surface area contributed by atoms with E-state index < -0.39 is 35.3 Å². The molecule has 3 atom stereocenters. The van der Waals surface area contributed by atoms with Crippen molar-refractivity contribution in [2.75, 3.05) is 43.4 Å². The zero-order chi connectivity index (χ0) is 28.6. The van der Waals surface area contributed by atoms with Gasteiger partial charge >= 0.3 is 6.18 Å². The molecule has 1 aromatic carbocycles. The number of carbonyl (C=O) groups excluding carboxylic acids is 3. The third kappa shape index (κ3) is 6.05. The normalized spacial score (nSPS) is 24.4. The monoisotopic (exact) mass is 549 g/mol. The van der Waals surface area contributed by atoms with E-state index in [-0.39, 0.29) is 29.2 Å². The number of alkyl halides is 3. The number of anilines is 2. The number of piperazine rings is 1. The number of amides is 3. The molecule has 210 valence electrons. The quantitative estimate of drug-likeness (QED) is 0.580. The number of carbonyl (C=O) groups is 3. The highest BCUT2D eigenvalue weighted by atomic mass is 19.4. The van der Waals surface area contributed by atoms with Crippen LogP contribution in [0.15, 0.2) is 34.9 Å². The standard InChI is InChI=1S/C27H31F4N5O3/c1-15-13-36(14-16(2)34(15)4)24-11-22(28)19(18-5-7-35(8-6-18)17(3)37)9-23(24)33-26(39)20-12-32-25(38)10-21(20)27(29,30)31/h5,9-12,15-16,20H,6-8,13-14H2,1-4H3,(H,33,39)/t15-,16+,20?. The van der Waals surface area contributed by atoms with E-state index in [1.165, 1.54) is 19.1 Å². The van der Waals surface area contributed by atoms with Gasteiger partial charge in [-0.05, 0) is 45.0 Å². The number of likely N-dealkylation sites (N-methyl/N-ethyl adjacent to an activating group) is 1. The summed E-state index contributed by atoms with van der Waals surface area (Å²) in [5.41, 5.74) is 0.0195. The van der Waals surface area contributed by atoms with Gasteiger partial charge in [0.15, 0.2) is 0 Å². The third-order valence-electron chi connectivity index (χ3n) is 7.62. The molecule has 3 heterocycles. The molecule has 1 saturated heterocycles. The summed E-state index contributed by atoms with van der Waals surface area (Å²) < 4.78 is 56.5. The van der Waals surface area contributed by atoms with Crippen LogP contribution in [0.1, 0.15) is 32.8 Å². The molecule has 0 radical (unpaired) electrons. The highest BCUT2D eigenvalue weighted by Gasteiger charge is 2.43. The van der Waals surface area contributed by atoms with Crippen LogP contribution in [0.4, 0.5) is 28.9 Å². The molecule has 3 aliphatic heterocycles. The largest absolute Gasteiger partial charge is 0.414 e. The molecule has 0 aliphatic carbocycles. The molecule has 1 fully saturated rings. The smallest absolute Gasteiger partial charge is 0.367 e. The van der Waals surface area contributed by atoms with Gasteiger partial charge in [-0.15, -0.1) is 0 Å². The van der Waals surface area contributed by atoms with Crippen molar-refractivity contribution in [1.29, 1.82) is 0 Å². The molecule has 39 heavy (non-hydrogen) atoms. The van der Waals surface area contributed by atoms with E-state index in [2.05, 4.69) is 15.2 Å². The summed E-state index contributed by atoms with van der Waals surface area (Å²) in [6.07, 6.45) is -1.80. The van der Waals surface area contributed by atoms with Crippen molar-refractivity contribution in [2.24, 2.45) is 10.9 Å². The number of aliphatic imine (C=N–C) groups is 1. The Labute approximate surface area is 224 Å². The number of nitrogens with one attached hydrogen (secondary N) is 1. The van der Waals surface area contributed by atoms with E-state index in [9.17, 15) is 27.6 Å². The molecule has 3 aliphatic rings. The summed E-state index contributed by atoms with van der Waals surface area (Å²) in [5, 5.41) is 2.57. The van der Waals surface area contributed by atoms with Gasteiger partial charge < -0.3 is 15.1 Å². The average molecular weight is 550 g/mol. The topological polar surface area (TPSA) is 85.3 Å². The van der Waals surface area contributed by atoms with Crippen molar-refractivity contribution in [2.45, 2.75) is 45.5 Å². The molecular formula is C27H31F4N5O3. The van der Waals surface area contributed by atoms with Crippen LogP contribution in [0.5, 0.6) is 0 Å². The van der Waals surface area contributed by atoms with Crippen molar-refractivity contribution >= 4 is 40.9 Å². The first kappa shape index (κ1) is 28.5. The lowest BCUT2D eigenvalue weighted by molar-refractivity contribution is -0.128. The molecule has 1 N–H and O–H groups in total. The van der Waals surface area contributed by atoms with Gasteiger partial charge in [-0.25, -0.2) is 9.38 Å². The SMILES string of the molecule is CC(=O)N1CC=C(c2cc(NC(=O)C3C=NC(=O)C=C3C(F)(F)F)c(N3C[C@@H](C)N(C)[C@@H](C)C3)cc2F)CC1. The minimum absolute atomic E-state index is 0.0925. The van der Waals surface area contributed by atoms with Crippen LogP contribution in [-0.2, 0) is 14.4 Å². The molecule has 0 saturated carbocycles. The first-order valence-corrected chi connectivity index (χ1v) is 12.7. The predicted octanol–water partition coefficient (Wildman–Crippen LogP) is 3.64. The number of rotatable bonds is 4. The predicted molar refractivity (Wildman–Crippen MR) is 140 cm³/mol. The van der Waals surface area contributed by atoms with Crippen LogP contribution in [0, 0.1) is 11.7 Å². The molecule has 3 amide bonds. The molecule has 8 nitrogen and oxygen atoms in total. The summed E-state index contributed by atoms with van der Waals surface area (Å²) in [7, 11) is 1.98. The molecule has 0 bridgehead atoms. The van der Waals surface area contributed by atoms with Gasteiger partial charge in [0.2, 0.25) is 11.8 Å². The van der Waals surface area contributed by atoms with Gasteiger partial charge in [-0.1, -0.05) is 6.08 Å². The molecule has 1 unspecified atom stereocenters. The fourth-order valence-corrected chi connectivity index (χ4v) is 5.14. The minimum Gasteiger partial charge on any atom is -0.367 e. The van der Waals surface area contributed by atoms with Gasteiger partial charge in [-0.2, -0.15) is 13.2 Å². The summed E-state index contributed by atoms with van der Waals surface area (Å²) in [4.78, 5) is 45.5. The van der Waals surface area contributed by atoms with E-state index in [1.54, 1.807) is 11.0 Å². The molecule has 1 aromatic rings. The lowest BCUT2D eigenvalue weighted by Crippen LogP contribution is -2.55. The van der Waals surface area contributed by atoms with E-state index in [4.69, 9.17) is 0 Å². The first-order chi connectivity index (χ1) is 18.3. The van der Waals surface area contributed by atoms with Crippen molar-refractivity contribution in [3.05, 3.63) is 41.2 Å². The summed E-state index contributed by atoms with van der Waals surface area (Å²) in [6, 6.07) is 2.92. The van der Waals surface area contributed by atoms with Crippen LogP contribution >= 0.6 is 0 Å². The van der Waals surface area contributed by atoms with E-state index in [0.717, 1.165) is 0 Å². The van der Waals surface area contributed by atoms with Crippen LogP contribution in [-0.4, -0.2) is 85.2 Å². The Hall–Kier alpha value is -3.54. The van der Waals surface area contributed by atoms with Crippen molar-refractivity contribution in [1.82, 2.24) is 9.80 Å². The summed E-state index contributed by atoms with van der Waals surface area (Å²) in [5.74, 6) is -4.61. The number of halogens is 4. The maximum Gasteiger partial charge on any atom is 0.414 e. The summed E-state index contributed by atoms with van der Waals surface area (Å²) in [6.45, 7) is 7.17. The maximum atomic E-state index is 15.6. The lowest BCUT2D eigenvalue weighted by Gasteiger charge is -2.44. The Morgan fingerprint density at radius 3 is 2.36 bits per heavy atom. The Morgan fingerprint density at radius 1 is 1.13 bits per heavy atom. The first-order valence-electron chi connectivity index (χ1n) is 12.7. The Balaban J connectivity index is 1.73. The second-order valence-electron chi connectivity index (χ2n) is 10.2. The zero-order valence-corrected chi connectivity index (χ0v) is 22.2. The Kier molecular flexibility index (Phi) is 7.97. The van der Waals surface area contributed by atoms with Crippen LogP contribution < -0.4 is 10.2 Å².